The summed E-state index contributed by atoms with van der Waals surface area (Å²) in [5, 5.41) is 3.09. The number of rotatable bonds is 5. The van der Waals surface area contributed by atoms with Crippen molar-refractivity contribution >= 4 is 28.5 Å². The highest BCUT2D eigenvalue weighted by molar-refractivity contribution is 14.1. The fourth-order valence-corrected chi connectivity index (χ4v) is 2.89. The number of aryl methyl sites for hydroxylation is 1. The first-order valence-electron chi connectivity index (χ1n) is 5.93. The summed E-state index contributed by atoms with van der Waals surface area (Å²) < 4.78 is 0.953. The third-order valence-corrected chi connectivity index (χ3v) is 3.71. The Labute approximate surface area is 117 Å². The van der Waals surface area contributed by atoms with E-state index in [2.05, 4.69) is 47.8 Å². The van der Waals surface area contributed by atoms with E-state index in [1.54, 1.807) is 0 Å². The maximum absolute atomic E-state index is 11.9. The molecule has 0 saturated heterocycles. The molecular formula is C14H20INO. The summed E-state index contributed by atoms with van der Waals surface area (Å²) in [6, 6.07) is 8.38. The Kier molecular flexibility index (Phi) is 5.95. The van der Waals surface area contributed by atoms with Gasteiger partial charge >= 0.3 is 0 Å². The van der Waals surface area contributed by atoms with E-state index in [0.717, 1.165) is 9.99 Å². The second-order valence-corrected chi connectivity index (χ2v) is 5.62. The molecule has 0 heterocycles. The molecular weight excluding hydrogens is 325 g/mol. The van der Waals surface area contributed by atoms with E-state index in [9.17, 15) is 4.79 Å². The maximum atomic E-state index is 11.9. The predicted molar refractivity (Wildman–Crippen MR) is 80.5 cm³/mol. The van der Waals surface area contributed by atoms with E-state index < -0.39 is 0 Å². The van der Waals surface area contributed by atoms with Gasteiger partial charge in [-0.05, 0) is 18.4 Å². The Bertz CT molecular complexity index is 376. The fraction of sp³-hybridized carbons (Fsp3) is 0.500. The normalized spacial score (nSPS) is 12.5. The molecule has 1 aromatic rings. The van der Waals surface area contributed by atoms with Crippen LogP contribution < -0.4 is 5.32 Å². The zero-order valence-electron chi connectivity index (χ0n) is 10.7. The molecule has 0 aromatic heterocycles. The average Bonchev–Trinajstić information content (AvgIpc) is 2.25. The molecule has 1 unspecified atom stereocenters. The van der Waals surface area contributed by atoms with Gasteiger partial charge in [0.2, 0.25) is 5.91 Å². The lowest BCUT2D eigenvalue weighted by Gasteiger charge is -2.20. The number of benzene rings is 1. The summed E-state index contributed by atoms with van der Waals surface area (Å²) in [6.45, 7) is 6.32. The lowest BCUT2D eigenvalue weighted by atomic mass is 10.1. The van der Waals surface area contributed by atoms with Crippen molar-refractivity contribution < 1.29 is 4.79 Å². The quantitative estimate of drug-likeness (QED) is 0.645. The molecule has 1 N–H and O–H groups in total. The summed E-state index contributed by atoms with van der Waals surface area (Å²) in [6.07, 6.45) is 0.474. The largest absolute Gasteiger partial charge is 0.352 e. The summed E-state index contributed by atoms with van der Waals surface area (Å²) >= 11 is 2.32. The molecule has 1 rings (SSSR count). The first kappa shape index (κ1) is 14.5. The first-order chi connectivity index (χ1) is 8.02. The van der Waals surface area contributed by atoms with Crippen LogP contribution in [0, 0.1) is 12.8 Å². The van der Waals surface area contributed by atoms with Crippen molar-refractivity contribution in [1.82, 2.24) is 5.32 Å². The molecule has 3 heteroatoms. The van der Waals surface area contributed by atoms with Gasteiger partial charge in [-0.15, -0.1) is 0 Å². The Balaban J connectivity index is 2.55. The van der Waals surface area contributed by atoms with Crippen molar-refractivity contribution in [2.24, 2.45) is 5.92 Å². The summed E-state index contributed by atoms with van der Waals surface area (Å²) in [4.78, 5) is 11.9. The molecule has 0 saturated carbocycles. The number of nitrogens with one attached hydrogen (secondary N) is 1. The number of hydrogen-bond acceptors (Lipinski definition) is 1. The van der Waals surface area contributed by atoms with Gasteiger partial charge in [0, 0.05) is 10.5 Å². The van der Waals surface area contributed by atoms with Crippen molar-refractivity contribution in [3.8, 4) is 0 Å². The second kappa shape index (κ2) is 6.99. The number of hydrogen-bond donors (Lipinski definition) is 1. The predicted octanol–water partition coefficient (Wildman–Crippen LogP) is 3.11. The van der Waals surface area contributed by atoms with Gasteiger partial charge in [0.1, 0.15) is 0 Å². The average molecular weight is 345 g/mol. The molecule has 94 valence electrons. The number of carbonyl (C=O) groups excluding carboxylic acids is 1. The van der Waals surface area contributed by atoms with E-state index in [0.29, 0.717) is 12.3 Å². The molecule has 0 spiro atoms. The molecule has 17 heavy (non-hydrogen) atoms. The van der Waals surface area contributed by atoms with E-state index >= 15 is 0 Å². The molecule has 2 nitrogen and oxygen atoms in total. The van der Waals surface area contributed by atoms with Gasteiger partial charge in [-0.2, -0.15) is 0 Å². The highest BCUT2D eigenvalue weighted by Crippen LogP contribution is 2.07. The van der Waals surface area contributed by atoms with Crippen LogP contribution in [0.2, 0.25) is 0 Å². The maximum Gasteiger partial charge on any atom is 0.224 e. The van der Waals surface area contributed by atoms with Crippen LogP contribution in [-0.2, 0) is 11.2 Å². The van der Waals surface area contributed by atoms with Gasteiger partial charge < -0.3 is 5.32 Å². The minimum absolute atomic E-state index is 0.117. The van der Waals surface area contributed by atoms with Crippen LogP contribution in [0.5, 0.6) is 0 Å². The van der Waals surface area contributed by atoms with Crippen molar-refractivity contribution in [2.75, 3.05) is 4.43 Å². The molecule has 1 atom stereocenters. The van der Waals surface area contributed by atoms with Crippen LogP contribution in [0.25, 0.3) is 0 Å². The Hall–Kier alpha value is -0.580. The third-order valence-electron chi connectivity index (χ3n) is 2.76. The number of halogens is 1. The number of carbonyl (C=O) groups is 1. The van der Waals surface area contributed by atoms with Crippen molar-refractivity contribution in [3.63, 3.8) is 0 Å². The number of amides is 1. The van der Waals surface area contributed by atoms with E-state index in [1.807, 2.05) is 25.1 Å². The van der Waals surface area contributed by atoms with Crippen LogP contribution in [0.1, 0.15) is 25.0 Å². The lowest BCUT2D eigenvalue weighted by molar-refractivity contribution is -0.121. The van der Waals surface area contributed by atoms with E-state index in [1.165, 1.54) is 5.56 Å². The molecule has 0 aliphatic heterocycles. The first-order valence-corrected chi connectivity index (χ1v) is 7.46. The van der Waals surface area contributed by atoms with E-state index in [-0.39, 0.29) is 11.9 Å². The molecule has 0 aliphatic rings. The van der Waals surface area contributed by atoms with Crippen LogP contribution in [0.15, 0.2) is 24.3 Å². The second-order valence-electron chi connectivity index (χ2n) is 4.74. The third kappa shape index (κ3) is 5.06. The SMILES string of the molecule is Cc1cccc(CC(=O)NC(CI)C(C)C)c1. The van der Waals surface area contributed by atoms with Crippen molar-refractivity contribution in [3.05, 3.63) is 35.4 Å². The Morgan fingerprint density at radius 1 is 1.41 bits per heavy atom. The van der Waals surface area contributed by atoms with Gasteiger partial charge in [0.25, 0.3) is 0 Å². The van der Waals surface area contributed by atoms with Crippen LogP contribution in [-0.4, -0.2) is 16.4 Å². The molecule has 0 fully saturated rings. The number of alkyl halides is 1. The fourth-order valence-electron chi connectivity index (χ4n) is 1.65. The highest BCUT2D eigenvalue weighted by Gasteiger charge is 2.14. The van der Waals surface area contributed by atoms with Crippen LogP contribution in [0.3, 0.4) is 0 Å². The zero-order valence-corrected chi connectivity index (χ0v) is 12.8. The van der Waals surface area contributed by atoms with Crippen molar-refractivity contribution in [1.29, 1.82) is 0 Å². The van der Waals surface area contributed by atoms with Gasteiger partial charge in [0.05, 0.1) is 6.42 Å². The molecule has 0 aliphatic carbocycles. The van der Waals surface area contributed by atoms with Crippen LogP contribution in [0.4, 0.5) is 0 Å². The lowest BCUT2D eigenvalue weighted by Crippen LogP contribution is -2.40. The van der Waals surface area contributed by atoms with Crippen molar-refractivity contribution in [2.45, 2.75) is 33.2 Å². The molecule has 1 aromatic carbocycles. The minimum Gasteiger partial charge on any atom is -0.352 e. The Morgan fingerprint density at radius 2 is 2.12 bits per heavy atom. The van der Waals surface area contributed by atoms with Gasteiger partial charge in [-0.3, -0.25) is 4.79 Å². The molecule has 0 bridgehead atoms. The standard InChI is InChI=1S/C14H20INO/c1-10(2)13(9-15)16-14(17)8-12-6-4-5-11(3)7-12/h4-7,10,13H,8-9H2,1-3H3,(H,16,17). The summed E-state index contributed by atoms with van der Waals surface area (Å²) in [7, 11) is 0. The van der Waals surface area contributed by atoms with E-state index in [4.69, 9.17) is 0 Å². The summed E-state index contributed by atoms with van der Waals surface area (Å²) in [5.41, 5.74) is 2.28. The van der Waals surface area contributed by atoms with Gasteiger partial charge in [-0.25, -0.2) is 0 Å². The highest BCUT2D eigenvalue weighted by atomic mass is 127. The molecule has 1 amide bonds. The summed E-state index contributed by atoms with van der Waals surface area (Å²) in [5.74, 6) is 0.597. The zero-order chi connectivity index (χ0) is 12.8. The van der Waals surface area contributed by atoms with Gasteiger partial charge in [0.15, 0.2) is 0 Å². The van der Waals surface area contributed by atoms with Crippen LogP contribution >= 0.6 is 22.6 Å². The van der Waals surface area contributed by atoms with Gasteiger partial charge in [-0.1, -0.05) is 66.3 Å². The minimum atomic E-state index is 0.117. The molecule has 0 radical (unpaired) electrons. The smallest absolute Gasteiger partial charge is 0.224 e. The monoisotopic (exact) mass is 345 g/mol. The Morgan fingerprint density at radius 3 is 2.65 bits per heavy atom. The topological polar surface area (TPSA) is 29.1 Å².